The van der Waals surface area contributed by atoms with Gasteiger partial charge in [0.05, 0.1) is 6.54 Å². The molecule has 0 aliphatic carbocycles. The number of hydrogen-bond donors (Lipinski definition) is 1. The topological polar surface area (TPSA) is 52.7 Å². The standard InChI is InChI=1S/C20H22ClN3O2/c1-15(25)16-3-2-4-18(13-16)22-20(26)14-23-9-11-24(12-10-23)19-7-5-17(21)6-8-19/h2-8,13H,9-12,14H2,1H3,(H,22,26). The van der Waals surface area contributed by atoms with E-state index in [0.29, 0.717) is 17.8 Å². The van der Waals surface area contributed by atoms with Crippen LogP contribution in [0.5, 0.6) is 0 Å². The molecule has 1 aliphatic rings. The molecule has 0 saturated carbocycles. The molecule has 0 atom stereocenters. The van der Waals surface area contributed by atoms with Crippen molar-refractivity contribution in [2.75, 3.05) is 42.9 Å². The number of Topliss-reactive ketones (excluding diaryl/α,β-unsaturated/α-hetero) is 1. The second kappa shape index (κ2) is 8.34. The van der Waals surface area contributed by atoms with Gasteiger partial charge in [-0.1, -0.05) is 23.7 Å². The highest BCUT2D eigenvalue weighted by molar-refractivity contribution is 6.30. The number of hydrogen-bond acceptors (Lipinski definition) is 4. The van der Waals surface area contributed by atoms with Crippen molar-refractivity contribution in [3.8, 4) is 0 Å². The van der Waals surface area contributed by atoms with E-state index < -0.39 is 0 Å². The molecule has 0 aromatic heterocycles. The van der Waals surface area contributed by atoms with Crippen LogP contribution in [0.1, 0.15) is 17.3 Å². The third-order valence-electron chi connectivity index (χ3n) is 4.48. The second-order valence-electron chi connectivity index (χ2n) is 6.42. The Morgan fingerprint density at radius 2 is 1.73 bits per heavy atom. The Morgan fingerprint density at radius 1 is 1.04 bits per heavy atom. The van der Waals surface area contributed by atoms with Gasteiger partial charge in [-0.2, -0.15) is 0 Å². The van der Waals surface area contributed by atoms with E-state index in [0.717, 1.165) is 36.9 Å². The van der Waals surface area contributed by atoms with E-state index in [1.165, 1.54) is 6.92 Å². The van der Waals surface area contributed by atoms with Crippen LogP contribution in [-0.4, -0.2) is 49.3 Å². The van der Waals surface area contributed by atoms with Crippen molar-refractivity contribution in [2.24, 2.45) is 0 Å². The minimum absolute atomic E-state index is 0.0144. The highest BCUT2D eigenvalue weighted by Gasteiger charge is 2.19. The number of benzene rings is 2. The van der Waals surface area contributed by atoms with E-state index in [1.807, 2.05) is 24.3 Å². The molecular formula is C20H22ClN3O2. The van der Waals surface area contributed by atoms with Gasteiger partial charge < -0.3 is 10.2 Å². The smallest absolute Gasteiger partial charge is 0.238 e. The largest absolute Gasteiger partial charge is 0.369 e. The van der Waals surface area contributed by atoms with Crippen LogP contribution in [0.4, 0.5) is 11.4 Å². The normalized spacial score (nSPS) is 14.9. The Labute approximate surface area is 158 Å². The van der Waals surface area contributed by atoms with Crippen LogP contribution < -0.4 is 10.2 Å². The van der Waals surface area contributed by atoms with Crippen LogP contribution in [0.15, 0.2) is 48.5 Å². The summed E-state index contributed by atoms with van der Waals surface area (Å²) in [6, 6.07) is 14.9. The molecule has 136 valence electrons. The fourth-order valence-corrected chi connectivity index (χ4v) is 3.16. The second-order valence-corrected chi connectivity index (χ2v) is 6.86. The first-order valence-corrected chi connectivity index (χ1v) is 9.03. The number of amides is 1. The quantitative estimate of drug-likeness (QED) is 0.819. The van der Waals surface area contributed by atoms with Gasteiger partial charge in [0.25, 0.3) is 0 Å². The van der Waals surface area contributed by atoms with Crippen LogP contribution in [0, 0.1) is 0 Å². The maximum atomic E-state index is 12.3. The summed E-state index contributed by atoms with van der Waals surface area (Å²) in [6.07, 6.45) is 0. The lowest BCUT2D eigenvalue weighted by Crippen LogP contribution is -2.48. The van der Waals surface area contributed by atoms with Gasteiger partial charge in [-0.3, -0.25) is 14.5 Å². The number of nitrogens with one attached hydrogen (secondary N) is 1. The molecule has 1 N–H and O–H groups in total. The number of rotatable bonds is 5. The summed E-state index contributed by atoms with van der Waals surface area (Å²) >= 11 is 5.93. The summed E-state index contributed by atoms with van der Waals surface area (Å²) in [5.74, 6) is -0.0786. The van der Waals surface area contributed by atoms with Gasteiger partial charge in [0, 0.05) is 48.1 Å². The number of carbonyl (C=O) groups excluding carboxylic acids is 2. The van der Waals surface area contributed by atoms with E-state index in [4.69, 9.17) is 11.6 Å². The summed E-state index contributed by atoms with van der Waals surface area (Å²) in [6.45, 7) is 5.25. The van der Waals surface area contributed by atoms with Crippen molar-refractivity contribution < 1.29 is 9.59 Å². The zero-order valence-corrected chi connectivity index (χ0v) is 15.5. The number of anilines is 2. The summed E-state index contributed by atoms with van der Waals surface area (Å²) in [5.41, 5.74) is 2.40. The highest BCUT2D eigenvalue weighted by atomic mass is 35.5. The van der Waals surface area contributed by atoms with Gasteiger partial charge in [0.2, 0.25) is 5.91 Å². The molecule has 0 radical (unpaired) electrons. The van der Waals surface area contributed by atoms with E-state index in [9.17, 15) is 9.59 Å². The summed E-state index contributed by atoms with van der Waals surface area (Å²) in [7, 11) is 0. The predicted octanol–water partition coefficient (Wildman–Crippen LogP) is 3.30. The van der Waals surface area contributed by atoms with Crippen LogP contribution in [0.3, 0.4) is 0 Å². The van der Waals surface area contributed by atoms with Crippen molar-refractivity contribution >= 4 is 34.7 Å². The molecule has 3 rings (SSSR count). The van der Waals surface area contributed by atoms with Crippen molar-refractivity contribution in [1.82, 2.24) is 4.90 Å². The summed E-state index contributed by atoms with van der Waals surface area (Å²) < 4.78 is 0. The SMILES string of the molecule is CC(=O)c1cccc(NC(=O)CN2CCN(c3ccc(Cl)cc3)CC2)c1. The first-order valence-electron chi connectivity index (χ1n) is 8.65. The van der Waals surface area contributed by atoms with Crippen LogP contribution >= 0.6 is 11.6 Å². The molecule has 2 aromatic carbocycles. The molecule has 1 fully saturated rings. The Bertz CT molecular complexity index is 784. The molecule has 0 bridgehead atoms. The first kappa shape index (κ1) is 18.4. The fourth-order valence-electron chi connectivity index (χ4n) is 3.04. The maximum Gasteiger partial charge on any atom is 0.238 e. The third kappa shape index (κ3) is 4.84. The Morgan fingerprint density at radius 3 is 2.38 bits per heavy atom. The molecular weight excluding hydrogens is 350 g/mol. The maximum absolute atomic E-state index is 12.3. The van der Waals surface area contributed by atoms with Crippen LogP contribution in [0.2, 0.25) is 5.02 Å². The van der Waals surface area contributed by atoms with Crippen molar-refractivity contribution in [3.63, 3.8) is 0 Å². The molecule has 1 amide bonds. The molecule has 6 heteroatoms. The van der Waals surface area contributed by atoms with Crippen LogP contribution in [0.25, 0.3) is 0 Å². The average Bonchev–Trinajstić information content (AvgIpc) is 2.63. The van der Waals surface area contributed by atoms with E-state index in [1.54, 1.807) is 24.3 Å². The predicted molar refractivity (Wildman–Crippen MR) is 105 cm³/mol. The molecule has 1 saturated heterocycles. The number of piperazine rings is 1. The van der Waals surface area contributed by atoms with Gasteiger partial charge in [-0.05, 0) is 43.3 Å². The van der Waals surface area contributed by atoms with E-state index >= 15 is 0 Å². The van der Waals surface area contributed by atoms with Crippen LogP contribution in [-0.2, 0) is 4.79 Å². The molecule has 1 heterocycles. The Hall–Kier alpha value is -2.37. The van der Waals surface area contributed by atoms with Gasteiger partial charge in [-0.25, -0.2) is 0 Å². The minimum Gasteiger partial charge on any atom is -0.369 e. The molecule has 1 aliphatic heterocycles. The lowest BCUT2D eigenvalue weighted by Gasteiger charge is -2.35. The number of ketones is 1. The Balaban J connectivity index is 1.49. The lowest BCUT2D eigenvalue weighted by molar-refractivity contribution is -0.117. The van der Waals surface area contributed by atoms with Crippen molar-refractivity contribution in [2.45, 2.75) is 6.92 Å². The fraction of sp³-hybridized carbons (Fsp3) is 0.300. The third-order valence-corrected chi connectivity index (χ3v) is 4.74. The minimum atomic E-state index is -0.0642. The van der Waals surface area contributed by atoms with Crippen molar-refractivity contribution in [1.29, 1.82) is 0 Å². The zero-order chi connectivity index (χ0) is 18.5. The van der Waals surface area contributed by atoms with E-state index in [2.05, 4.69) is 15.1 Å². The van der Waals surface area contributed by atoms with Gasteiger partial charge in [-0.15, -0.1) is 0 Å². The molecule has 26 heavy (non-hydrogen) atoms. The van der Waals surface area contributed by atoms with Gasteiger partial charge in [0.15, 0.2) is 5.78 Å². The Kier molecular flexibility index (Phi) is 5.91. The highest BCUT2D eigenvalue weighted by Crippen LogP contribution is 2.19. The lowest BCUT2D eigenvalue weighted by atomic mass is 10.1. The van der Waals surface area contributed by atoms with Crippen molar-refractivity contribution in [3.05, 3.63) is 59.1 Å². The van der Waals surface area contributed by atoms with E-state index in [-0.39, 0.29) is 11.7 Å². The number of carbonyl (C=O) groups is 2. The van der Waals surface area contributed by atoms with Gasteiger partial charge >= 0.3 is 0 Å². The number of nitrogens with zero attached hydrogens (tertiary/aromatic N) is 2. The molecule has 2 aromatic rings. The zero-order valence-electron chi connectivity index (χ0n) is 14.7. The first-order chi connectivity index (χ1) is 12.5. The molecule has 0 spiro atoms. The van der Waals surface area contributed by atoms with Gasteiger partial charge in [0.1, 0.15) is 0 Å². The monoisotopic (exact) mass is 371 g/mol. The summed E-state index contributed by atoms with van der Waals surface area (Å²) in [5, 5.41) is 3.61. The molecule has 0 unspecified atom stereocenters. The summed E-state index contributed by atoms with van der Waals surface area (Å²) in [4.78, 5) is 28.1. The average molecular weight is 372 g/mol. The number of halogens is 1. The molecule has 5 nitrogen and oxygen atoms in total.